The van der Waals surface area contributed by atoms with Crippen molar-refractivity contribution in [2.75, 3.05) is 6.54 Å². The lowest BCUT2D eigenvalue weighted by Gasteiger charge is -2.03. The Morgan fingerprint density at radius 2 is 2.17 bits per heavy atom. The van der Waals surface area contributed by atoms with Crippen LogP contribution in [0.1, 0.15) is 15.2 Å². The fourth-order valence-electron chi connectivity index (χ4n) is 1.54. The van der Waals surface area contributed by atoms with Crippen LogP contribution >= 0.6 is 27.3 Å². The third-order valence-corrected chi connectivity index (χ3v) is 4.01. The van der Waals surface area contributed by atoms with Crippen LogP contribution in [-0.4, -0.2) is 12.5 Å². The minimum absolute atomic E-state index is 0.0953. The van der Waals surface area contributed by atoms with Crippen molar-refractivity contribution in [3.8, 4) is 0 Å². The first-order valence-corrected chi connectivity index (χ1v) is 7.04. The summed E-state index contributed by atoms with van der Waals surface area (Å²) in [6.45, 7) is 0.498. The Balaban J connectivity index is 1.84. The van der Waals surface area contributed by atoms with E-state index in [0.29, 0.717) is 17.8 Å². The first-order valence-electron chi connectivity index (χ1n) is 5.43. The number of rotatable bonds is 4. The van der Waals surface area contributed by atoms with Crippen molar-refractivity contribution in [3.63, 3.8) is 0 Å². The predicted octanol–water partition coefficient (Wildman–Crippen LogP) is 3.62. The zero-order chi connectivity index (χ0) is 13.0. The summed E-state index contributed by atoms with van der Waals surface area (Å²) in [5, 5.41) is 2.81. The summed E-state index contributed by atoms with van der Waals surface area (Å²) in [5.74, 6) is -0.344. The maximum Gasteiger partial charge on any atom is 0.261 e. The maximum absolute atomic E-state index is 12.9. The van der Waals surface area contributed by atoms with Crippen LogP contribution in [0.2, 0.25) is 0 Å². The number of benzene rings is 1. The van der Waals surface area contributed by atoms with Gasteiger partial charge in [0.1, 0.15) is 5.82 Å². The predicted molar refractivity (Wildman–Crippen MR) is 74.5 cm³/mol. The molecule has 0 fully saturated rings. The molecule has 0 saturated heterocycles. The van der Waals surface area contributed by atoms with Crippen molar-refractivity contribution < 1.29 is 9.18 Å². The highest BCUT2D eigenvalue weighted by Crippen LogP contribution is 2.21. The molecule has 2 aromatic rings. The molecule has 94 valence electrons. The fourth-order valence-corrected chi connectivity index (χ4v) is 2.84. The highest BCUT2D eigenvalue weighted by Gasteiger charge is 2.07. The van der Waals surface area contributed by atoms with Gasteiger partial charge in [-0.15, -0.1) is 11.3 Å². The molecule has 5 heteroatoms. The molecule has 2 rings (SSSR count). The van der Waals surface area contributed by atoms with E-state index in [4.69, 9.17) is 0 Å². The molecule has 0 unspecified atom stereocenters. The SMILES string of the molecule is O=C(NCCc1cccc(F)c1)c1ccc(Br)s1. The van der Waals surface area contributed by atoms with Crippen molar-refractivity contribution in [1.29, 1.82) is 0 Å². The van der Waals surface area contributed by atoms with Gasteiger partial charge in [0.15, 0.2) is 0 Å². The van der Waals surface area contributed by atoms with E-state index in [-0.39, 0.29) is 11.7 Å². The zero-order valence-electron chi connectivity index (χ0n) is 9.45. The van der Waals surface area contributed by atoms with Crippen molar-refractivity contribution in [2.45, 2.75) is 6.42 Å². The fraction of sp³-hybridized carbons (Fsp3) is 0.154. The summed E-state index contributed by atoms with van der Waals surface area (Å²) in [6, 6.07) is 10.0. The van der Waals surface area contributed by atoms with Crippen molar-refractivity contribution >= 4 is 33.2 Å². The van der Waals surface area contributed by atoms with Crippen molar-refractivity contribution in [2.24, 2.45) is 0 Å². The van der Waals surface area contributed by atoms with Crippen LogP contribution in [0.15, 0.2) is 40.2 Å². The number of hydrogen-bond acceptors (Lipinski definition) is 2. The van der Waals surface area contributed by atoms with Crippen LogP contribution in [0.4, 0.5) is 4.39 Å². The zero-order valence-corrected chi connectivity index (χ0v) is 11.9. The average Bonchev–Trinajstić information content (AvgIpc) is 2.76. The van der Waals surface area contributed by atoms with Gasteiger partial charge in [-0.25, -0.2) is 4.39 Å². The summed E-state index contributed by atoms with van der Waals surface area (Å²) >= 11 is 4.70. The molecule has 0 aliphatic heterocycles. The lowest BCUT2D eigenvalue weighted by Crippen LogP contribution is -2.24. The third kappa shape index (κ3) is 3.65. The van der Waals surface area contributed by atoms with Gasteiger partial charge in [0.05, 0.1) is 8.66 Å². The van der Waals surface area contributed by atoms with E-state index < -0.39 is 0 Å². The number of carbonyl (C=O) groups is 1. The standard InChI is InChI=1S/C13H11BrFNOS/c14-12-5-4-11(18-12)13(17)16-7-6-9-2-1-3-10(15)8-9/h1-5,8H,6-7H2,(H,16,17). The largest absolute Gasteiger partial charge is 0.351 e. The Morgan fingerprint density at radius 3 is 2.83 bits per heavy atom. The molecular weight excluding hydrogens is 317 g/mol. The lowest BCUT2D eigenvalue weighted by molar-refractivity contribution is 0.0958. The quantitative estimate of drug-likeness (QED) is 0.912. The number of nitrogens with one attached hydrogen (secondary N) is 1. The van der Waals surface area contributed by atoms with Gasteiger partial charge in [-0.3, -0.25) is 4.79 Å². The molecule has 0 saturated carbocycles. The monoisotopic (exact) mass is 327 g/mol. The van der Waals surface area contributed by atoms with Gasteiger partial charge in [-0.1, -0.05) is 12.1 Å². The van der Waals surface area contributed by atoms with Gasteiger partial charge >= 0.3 is 0 Å². The van der Waals surface area contributed by atoms with Crippen molar-refractivity contribution in [1.82, 2.24) is 5.32 Å². The molecule has 0 aliphatic rings. The summed E-state index contributed by atoms with van der Waals surface area (Å²) in [5.41, 5.74) is 0.877. The van der Waals surface area contributed by atoms with Crippen LogP contribution in [-0.2, 0) is 6.42 Å². The molecule has 1 heterocycles. The molecule has 0 radical (unpaired) electrons. The Bertz CT molecular complexity index is 555. The molecule has 1 amide bonds. The summed E-state index contributed by atoms with van der Waals surface area (Å²) in [7, 11) is 0. The lowest BCUT2D eigenvalue weighted by atomic mass is 10.1. The molecule has 0 aliphatic carbocycles. The Kier molecular flexibility index (Phi) is 4.49. The van der Waals surface area contributed by atoms with Crippen LogP contribution in [0.25, 0.3) is 0 Å². The number of hydrogen-bond donors (Lipinski definition) is 1. The second-order valence-electron chi connectivity index (χ2n) is 3.74. The van der Waals surface area contributed by atoms with E-state index in [1.165, 1.54) is 23.5 Å². The Labute approximate surface area is 117 Å². The van der Waals surface area contributed by atoms with Gasteiger partial charge in [0.2, 0.25) is 0 Å². The van der Waals surface area contributed by atoms with Crippen molar-refractivity contribution in [3.05, 3.63) is 56.4 Å². The summed E-state index contributed by atoms with van der Waals surface area (Å²) < 4.78 is 13.9. The van der Waals surface area contributed by atoms with Crippen LogP contribution in [0.5, 0.6) is 0 Å². The van der Waals surface area contributed by atoms with E-state index in [1.54, 1.807) is 12.1 Å². The van der Waals surface area contributed by atoms with E-state index >= 15 is 0 Å². The second-order valence-corrected chi connectivity index (χ2v) is 6.20. The molecule has 1 aromatic carbocycles. The second kappa shape index (κ2) is 6.11. The minimum Gasteiger partial charge on any atom is -0.351 e. The molecule has 1 N–H and O–H groups in total. The summed E-state index contributed by atoms with van der Waals surface area (Å²) in [4.78, 5) is 12.4. The minimum atomic E-state index is -0.249. The Hall–Kier alpha value is -1.20. The van der Waals surface area contributed by atoms with Gasteiger partial charge < -0.3 is 5.32 Å². The molecule has 0 bridgehead atoms. The first-order chi connectivity index (χ1) is 8.65. The van der Waals surface area contributed by atoms with Gasteiger partial charge in [0.25, 0.3) is 5.91 Å². The van der Waals surface area contributed by atoms with E-state index in [2.05, 4.69) is 21.2 Å². The highest BCUT2D eigenvalue weighted by atomic mass is 79.9. The topological polar surface area (TPSA) is 29.1 Å². The van der Waals surface area contributed by atoms with E-state index in [9.17, 15) is 9.18 Å². The molecule has 0 atom stereocenters. The number of carbonyl (C=O) groups excluding carboxylic acids is 1. The van der Waals surface area contributed by atoms with E-state index in [0.717, 1.165) is 9.35 Å². The highest BCUT2D eigenvalue weighted by molar-refractivity contribution is 9.11. The van der Waals surface area contributed by atoms with Gasteiger partial charge in [0, 0.05) is 6.54 Å². The number of halogens is 2. The van der Waals surface area contributed by atoms with Gasteiger partial charge in [-0.05, 0) is 52.2 Å². The molecule has 0 spiro atoms. The maximum atomic E-state index is 12.9. The average molecular weight is 328 g/mol. The molecular formula is C13H11BrFNOS. The third-order valence-electron chi connectivity index (χ3n) is 2.39. The molecule has 18 heavy (non-hydrogen) atoms. The smallest absolute Gasteiger partial charge is 0.261 e. The van der Waals surface area contributed by atoms with E-state index in [1.807, 2.05) is 12.1 Å². The first kappa shape index (κ1) is 13.2. The van der Waals surface area contributed by atoms with Crippen LogP contribution < -0.4 is 5.32 Å². The normalized spacial score (nSPS) is 10.3. The van der Waals surface area contributed by atoms with Crippen LogP contribution in [0.3, 0.4) is 0 Å². The number of amides is 1. The Morgan fingerprint density at radius 1 is 1.33 bits per heavy atom. The summed E-state index contributed by atoms with van der Waals surface area (Å²) in [6.07, 6.45) is 0.621. The molecule has 2 nitrogen and oxygen atoms in total. The molecule has 1 aromatic heterocycles. The number of thiophene rings is 1. The van der Waals surface area contributed by atoms with Gasteiger partial charge in [-0.2, -0.15) is 0 Å². The van der Waals surface area contributed by atoms with Crippen LogP contribution in [0, 0.1) is 5.82 Å².